The topological polar surface area (TPSA) is 35.1 Å². The summed E-state index contributed by atoms with van der Waals surface area (Å²) in [5, 5.41) is 4.00. The predicted octanol–water partition coefficient (Wildman–Crippen LogP) is 0.0678. The average Bonchev–Trinajstić information content (AvgIpc) is 2.35. The minimum absolute atomic E-state index is 0.870. The summed E-state index contributed by atoms with van der Waals surface area (Å²) in [4.78, 5) is 4.04. The van der Waals surface area contributed by atoms with Crippen molar-refractivity contribution in [1.29, 1.82) is 0 Å². The Hall–Kier alpha value is -1.32. The van der Waals surface area contributed by atoms with E-state index in [2.05, 4.69) is 10.1 Å². The molecule has 0 saturated heterocycles. The van der Waals surface area contributed by atoms with Gasteiger partial charge in [-0.3, -0.25) is 0 Å². The van der Waals surface area contributed by atoms with Crippen molar-refractivity contribution in [3.63, 3.8) is 0 Å². The Labute approximate surface area is 51.7 Å². The van der Waals surface area contributed by atoms with Gasteiger partial charge in [-0.05, 0) is 0 Å². The first-order valence-electron chi connectivity index (χ1n) is 2.68. The SMILES string of the molecule is Cn1cnn2ccnc12. The molecule has 0 aliphatic carbocycles. The van der Waals surface area contributed by atoms with E-state index in [4.69, 9.17) is 0 Å². The van der Waals surface area contributed by atoms with Crippen LogP contribution in [0.25, 0.3) is 5.78 Å². The molecule has 0 saturated carbocycles. The number of aryl methyl sites for hydroxylation is 1. The summed E-state index contributed by atoms with van der Waals surface area (Å²) in [7, 11) is 1.91. The molecule has 0 unspecified atom stereocenters. The Balaban J connectivity index is 2.99. The molecule has 4 nitrogen and oxygen atoms in total. The van der Waals surface area contributed by atoms with Crippen LogP contribution in [0.3, 0.4) is 0 Å². The van der Waals surface area contributed by atoms with E-state index >= 15 is 0 Å². The molecule has 0 fully saturated rings. The van der Waals surface area contributed by atoms with Gasteiger partial charge in [0.1, 0.15) is 6.33 Å². The van der Waals surface area contributed by atoms with E-state index in [1.807, 2.05) is 17.8 Å². The Morgan fingerprint density at radius 2 is 2.44 bits per heavy atom. The highest BCUT2D eigenvalue weighted by Gasteiger charge is 1.95. The molecule has 2 rings (SSSR count). The van der Waals surface area contributed by atoms with Crippen LogP contribution in [0.4, 0.5) is 0 Å². The standard InChI is InChI=1S/C5H6N4/c1-8-4-7-9-3-2-6-5(8)9/h2-4H,1H3. The number of fused-ring (bicyclic) bond motifs is 1. The molecule has 0 bridgehead atoms. The summed E-state index contributed by atoms with van der Waals surface area (Å²) in [5.74, 6) is 0.870. The minimum Gasteiger partial charge on any atom is -0.303 e. The van der Waals surface area contributed by atoms with Crippen LogP contribution < -0.4 is 0 Å². The van der Waals surface area contributed by atoms with E-state index in [1.54, 1.807) is 17.0 Å². The van der Waals surface area contributed by atoms with Crippen LogP contribution in [0.15, 0.2) is 18.7 Å². The van der Waals surface area contributed by atoms with Crippen molar-refractivity contribution < 1.29 is 0 Å². The Morgan fingerprint density at radius 1 is 1.56 bits per heavy atom. The molecular weight excluding hydrogens is 116 g/mol. The third kappa shape index (κ3) is 0.468. The first-order valence-corrected chi connectivity index (χ1v) is 2.68. The maximum atomic E-state index is 4.04. The van der Waals surface area contributed by atoms with E-state index in [-0.39, 0.29) is 0 Å². The lowest BCUT2D eigenvalue weighted by molar-refractivity contribution is 0.931. The van der Waals surface area contributed by atoms with Gasteiger partial charge in [0.15, 0.2) is 0 Å². The van der Waals surface area contributed by atoms with Crippen molar-refractivity contribution in [2.75, 3.05) is 0 Å². The highest BCUT2D eigenvalue weighted by Crippen LogP contribution is 1.94. The molecule has 2 heterocycles. The van der Waals surface area contributed by atoms with Crippen molar-refractivity contribution >= 4 is 5.78 Å². The molecule has 0 aliphatic rings. The molecule has 4 heteroatoms. The number of hydrogen-bond acceptors (Lipinski definition) is 2. The van der Waals surface area contributed by atoms with Crippen LogP contribution in [0.1, 0.15) is 0 Å². The number of hydrogen-bond donors (Lipinski definition) is 0. The van der Waals surface area contributed by atoms with Crippen LogP contribution in [0.5, 0.6) is 0 Å². The lowest BCUT2D eigenvalue weighted by atomic mass is 11.0. The largest absolute Gasteiger partial charge is 0.303 e. The van der Waals surface area contributed by atoms with Crippen LogP contribution in [-0.2, 0) is 7.05 Å². The number of imidazole rings is 1. The first kappa shape index (κ1) is 4.55. The second-order valence-electron chi connectivity index (χ2n) is 1.91. The maximum absolute atomic E-state index is 4.04. The molecule has 0 atom stereocenters. The normalized spacial score (nSPS) is 10.8. The molecule has 0 N–H and O–H groups in total. The second kappa shape index (κ2) is 1.34. The van der Waals surface area contributed by atoms with Gasteiger partial charge in [-0.15, -0.1) is 0 Å². The van der Waals surface area contributed by atoms with Crippen LogP contribution in [-0.4, -0.2) is 19.2 Å². The summed E-state index contributed by atoms with van der Waals surface area (Å²) in [5.41, 5.74) is 0. The molecular formula is C5H6N4. The minimum atomic E-state index is 0.870. The van der Waals surface area contributed by atoms with Crippen LogP contribution >= 0.6 is 0 Å². The van der Waals surface area contributed by atoms with Gasteiger partial charge in [0.25, 0.3) is 0 Å². The molecule has 0 amide bonds. The molecule has 46 valence electrons. The van der Waals surface area contributed by atoms with Gasteiger partial charge in [-0.25, -0.2) is 9.50 Å². The van der Waals surface area contributed by atoms with Crippen molar-refractivity contribution in [2.24, 2.45) is 7.05 Å². The van der Waals surface area contributed by atoms with E-state index in [1.165, 1.54) is 0 Å². The predicted molar refractivity (Wildman–Crippen MR) is 32.0 cm³/mol. The van der Waals surface area contributed by atoms with E-state index in [0.717, 1.165) is 5.78 Å². The fraction of sp³-hybridized carbons (Fsp3) is 0.200. The van der Waals surface area contributed by atoms with Gasteiger partial charge in [0.2, 0.25) is 5.78 Å². The highest BCUT2D eigenvalue weighted by molar-refractivity contribution is 5.25. The van der Waals surface area contributed by atoms with Crippen LogP contribution in [0, 0.1) is 0 Å². The van der Waals surface area contributed by atoms with Crippen LogP contribution in [0.2, 0.25) is 0 Å². The fourth-order valence-electron chi connectivity index (χ4n) is 0.817. The Kier molecular flexibility index (Phi) is 0.677. The maximum Gasteiger partial charge on any atom is 0.231 e. The van der Waals surface area contributed by atoms with Gasteiger partial charge in [0, 0.05) is 13.2 Å². The summed E-state index contributed by atoms with van der Waals surface area (Å²) in [6.45, 7) is 0. The number of aromatic nitrogens is 4. The fourth-order valence-corrected chi connectivity index (χ4v) is 0.817. The van der Waals surface area contributed by atoms with Gasteiger partial charge >= 0.3 is 0 Å². The number of nitrogens with zero attached hydrogens (tertiary/aromatic N) is 4. The van der Waals surface area contributed by atoms with Gasteiger partial charge in [-0.1, -0.05) is 0 Å². The zero-order valence-electron chi connectivity index (χ0n) is 5.02. The third-order valence-corrected chi connectivity index (χ3v) is 1.27. The summed E-state index contributed by atoms with van der Waals surface area (Å²) in [6.07, 6.45) is 5.26. The van der Waals surface area contributed by atoms with Crippen molar-refractivity contribution in [3.05, 3.63) is 18.7 Å². The van der Waals surface area contributed by atoms with Crippen molar-refractivity contribution in [3.8, 4) is 0 Å². The summed E-state index contributed by atoms with van der Waals surface area (Å²) < 4.78 is 3.58. The zero-order valence-corrected chi connectivity index (χ0v) is 5.02. The molecule has 2 aromatic rings. The lowest BCUT2D eigenvalue weighted by Gasteiger charge is -1.82. The highest BCUT2D eigenvalue weighted by atomic mass is 15.4. The Bertz CT molecular complexity index is 318. The smallest absolute Gasteiger partial charge is 0.231 e. The summed E-state index contributed by atoms with van der Waals surface area (Å²) in [6, 6.07) is 0. The molecule has 0 radical (unpaired) electrons. The lowest BCUT2D eigenvalue weighted by Crippen LogP contribution is -1.85. The quantitative estimate of drug-likeness (QED) is 0.495. The van der Waals surface area contributed by atoms with Gasteiger partial charge < -0.3 is 4.57 Å². The monoisotopic (exact) mass is 122 g/mol. The third-order valence-electron chi connectivity index (χ3n) is 1.27. The molecule has 0 spiro atoms. The van der Waals surface area contributed by atoms with Gasteiger partial charge in [0.05, 0.1) is 6.20 Å². The van der Waals surface area contributed by atoms with Crippen molar-refractivity contribution in [1.82, 2.24) is 19.2 Å². The van der Waals surface area contributed by atoms with E-state index in [0.29, 0.717) is 0 Å². The first-order chi connectivity index (χ1) is 4.38. The van der Waals surface area contributed by atoms with E-state index in [9.17, 15) is 0 Å². The summed E-state index contributed by atoms with van der Waals surface area (Å²) >= 11 is 0. The molecule has 9 heavy (non-hydrogen) atoms. The van der Waals surface area contributed by atoms with Crippen molar-refractivity contribution in [2.45, 2.75) is 0 Å². The average molecular weight is 122 g/mol. The Morgan fingerprint density at radius 3 is 3.22 bits per heavy atom. The van der Waals surface area contributed by atoms with E-state index < -0.39 is 0 Å². The second-order valence-corrected chi connectivity index (χ2v) is 1.91. The molecule has 0 aliphatic heterocycles. The molecule has 2 aromatic heterocycles. The number of rotatable bonds is 0. The zero-order chi connectivity index (χ0) is 6.27. The van der Waals surface area contributed by atoms with Gasteiger partial charge in [-0.2, -0.15) is 5.10 Å². The molecule has 0 aromatic carbocycles.